The second kappa shape index (κ2) is 14.3. The van der Waals surface area contributed by atoms with E-state index in [0.717, 1.165) is 50.5 Å². The second-order valence-electron chi connectivity index (χ2n) is 8.68. The summed E-state index contributed by atoms with van der Waals surface area (Å²) in [5.74, 6) is -3.19. The Hall–Kier alpha value is -2.90. The number of methoxy groups -OCH3 is 1. The number of hydrogen-bond acceptors (Lipinski definition) is 5. The van der Waals surface area contributed by atoms with Crippen LogP contribution in [0.1, 0.15) is 69.8 Å². The van der Waals surface area contributed by atoms with Crippen LogP contribution in [0.2, 0.25) is 0 Å². The van der Waals surface area contributed by atoms with Gasteiger partial charge in [0.05, 0.1) is 13.5 Å². The first-order valence-corrected chi connectivity index (χ1v) is 11.8. The lowest BCUT2D eigenvalue weighted by atomic mass is 9.92. The van der Waals surface area contributed by atoms with Gasteiger partial charge in [0.25, 0.3) is 0 Å². The number of benzene rings is 1. The van der Waals surface area contributed by atoms with Crippen LogP contribution in [0.15, 0.2) is 30.3 Å². The summed E-state index contributed by atoms with van der Waals surface area (Å²) in [5, 5.41) is 14.6. The maximum absolute atomic E-state index is 13.1. The van der Waals surface area contributed by atoms with Crippen LogP contribution in [0.3, 0.4) is 0 Å². The van der Waals surface area contributed by atoms with Crippen molar-refractivity contribution < 1.29 is 29.0 Å². The molecule has 3 N–H and O–H groups in total. The van der Waals surface area contributed by atoms with Crippen LogP contribution in [0.4, 0.5) is 0 Å². The fraction of sp³-hybridized carbons (Fsp3) is 0.600. The highest BCUT2D eigenvalue weighted by atomic mass is 16.5. The highest BCUT2D eigenvalue weighted by Crippen LogP contribution is 2.19. The number of amides is 2. The number of esters is 1. The average Bonchev–Trinajstić information content (AvgIpc) is 2.80. The molecule has 0 unspecified atom stereocenters. The summed E-state index contributed by atoms with van der Waals surface area (Å²) >= 11 is 0. The van der Waals surface area contributed by atoms with E-state index in [1.165, 1.54) is 7.11 Å². The van der Waals surface area contributed by atoms with E-state index in [2.05, 4.69) is 10.6 Å². The van der Waals surface area contributed by atoms with Gasteiger partial charge in [-0.2, -0.15) is 0 Å². The molecule has 0 radical (unpaired) electrons. The van der Waals surface area contributed by atoms with Crippen molar-refractivity contribution >= 4 is 23.8 Å². The van der Waals surface area contributed by atoms with Crippen molar-refractivity contribution in [3.05, 3.63) is 35.9 Å². The molecule has 1 aliphatic rings. The lowest BCUT2D eigenvalue weighted by Crippen LogP contribution is -2.53. The van der Waals surface area contributed by atoms with Crippen molar-refractivity contribution in [3.8, 4) is 0 Å². The molecule has 33 heavy (non-hydrogen) atoms. The average molecular weight is 461 g/mol. The Labute approximate surface area is 195 Å². The third kappa shape index (κ3) is 9.63. The van der Waals surface area contributed by atoms with E-state index in [-0.39, 0.29) is 11.8 Å². The molecule has 1 fully saturated rings. The molecule has 0 bridgehead atoms. The Balaban J connectivity index is 2.21. The molecule has 1 heterocycles. The lowest BCUT2D eigenvalue weighted by Gasteiger charge is -2.24. The predicted molar refractivity (Wildman–Crippen MR) is 123 cm³/mol. The number of ether oxygens (including phenoxy) is 1. The molecule has 0 aromatic heterocycles. The number of rotatable bonds is 5. The number of carbonyl (C=O) groups excluding carboxylic acids is 3. The van der Waals surface area contributed by atoms with Gasteiger partial charge in [0.2, 0.25) is 11.8 Å². The zero-order valence-electron chi connectivity index (χ0n) is 19.4. The molecule has 2 rings (SSSR count). The van der Waals surface area contributed by atoms with Crippen molar-refractivity contribution in [2.45, 2.75) is 82.7 Å². The summed E-state index contributed by atoms with van der Waals surface area (Å²) in [7, 11) is 1.25. The zero-order chi connectivity index (χ0) is 24.1. The van der Waals surface area contributed by atoms with Gasteiger partial charge in [0.15, 0.2) is 0 Å². The van der Waals surface area contributed by atoms with Gasteiger partial charge in [-0.25, -0.2) is 4.79 Å². The summed E-state index contributed by atoms with van der Waals surface area (Å²) in [5.41, 5.74) is 1.01. The van der Waals surface area contributed by atoms with Crippen LogP contribution in [0.25, 0.3) is 0 Å². The predicted octanol–water partition coefficient (Wildman–Crippen LogP) is 2.99. The molecule has 2 amide bonds. The van der Waals surface area contributed by atoms with Gasteiger partial charge >= 0.3 is 11.9 Å². The van der Waals surface area contributed by atoms with Crippen molar-refractivity contribution in [2.75, 3.05) is 7.11 Å². The number of aliphatic carboxylic acids is 1. The molecule has 8 heteroatoms. The molecule has 1 aliphatic heterocycles. The standard InChI is InChI=1S/C25H36N2O6/c1-33-25(32)20-15-11-6-4-2-3-5-10-14-19(16-18-12-8-7-9-13-18)23(30)27-21(17-22(28)29)24(31)26-20/h7-9,12-13,19-21H,2-6,10-11,14-17H2,1H3,(H,26,31)(H,27,30)(H,28,29)/t19-,20+,21+/m1/s1. The van der Waals surface area contributed by atoms with Crippen LogP contribution >= 0.6 is 0 Å². The Morgan fingerprint density at radius 2 is 1.52 bits per heavy atom. The molecule has 1 saturated heterocycles. The number of hydrogen-bond donors (Lipinski definition) is 3. The van der Waals surface area contributed by atoms with E-state index in [9.17, 15) is 24.3 Å². The quantitative estimate of drug-likeness (QED) is 0.581. The van der Waals surface area contributed by atoms with E-state index >= 15 is 0 Å². The van der Waals surface area contributed by atoms with Gasteiger partial charge in [-0.1, -0.05) is 75.3 Å². The van der Waals surface area contributed by atoms with Crippen LogP contribution in [-0.2, 0) is 30.3 Å². The first kappa shape index (κ1) is 26.4. The fourth-order valence-corrected chi connectivity index (χ4v) is 4.18. The maximum atomic E-state index is 13.1. The smallest absolute Gasteiger partial charge is 0.328 e. The fourth-order valence-electron chi connectivity index (χ4n) is 4.18. The minimum Gasteiger partial charge on any atom is -0.481 e. The van der Waals surface area contributed by atoms with Gasteiger partial charge in [-0.05, 0) is 24.8 Å². The summed E-state index contributed by atoms with van der Waals surface area (Å²) in [6, 6.07) is 7.50. The van der Waals surface area contributed by atoms with Crippen molar-refractivity contribution in [1.82, 2.24) is 10.6 Å². The summed E-state index contributed by atoms with van der Waals surface area (Å²) in [4.78, 5) is 49.6. The Morgan fingerprint density at radius 1 is 0.909 bits per heavy atom. The van der Waals surface area contributed by atoms with Crippen LogP contribution in [0.5, 0.6) is 0 Å². The summed E-state index contributed by atoms with van der Waals surface area (Å²) in [6.07, 6.45) is 7.82. The maximum Gasteiger partial charge on any atom is 0.328 e. The Kier molecular flexibility index (Phi) is 11.4. The van der Waals surface area contributed by atoms with Crippen molar-refractivity contribution in [2.24, 2.45) is 5.92 Å². The van der Waals surface area contributed by atoms with Crippen LogP contribution < -0.4 is 10.6 Å². The molecule has 1 aromatic carbocycles. The Morgan fingerprint density at radius 3 is 2.12 bits per heavy atom. The minimum absolute atomic E-state index is 0.345. The van der Waals surface area contributed by atoms with Crippen LogP contribution in [-0.4, -0.2) is 48.1 Å². The molecular weight excluding hydrogens is 424 g/mol. The summed E-state index contributed by atoms with van der Waals surface area (Å²) in [6.45, 7) is 0. The molecule has 182 valence electrons. The Bertz CT molecular complexity index is 782. The van der Waals surface area contributed by atoms with E-state index in [4.69, 9.17) is 4.74 Å². The van der Waals surface area contributed by atoms with Gasteiger partial charge in [0, 0.05) is 5.92 Å². The largest absolute Gasteiger partial charge is 0.481 e. The van der Waals surface area contributed by atoms with Crippen molar-refractivity contribution in [3.63, 3.8) is 0 Å². The number of carboxylic acid groups (broad SMARTS) is 1. The molecular formula is C25H36N2O6. The molecule has 1 aromatic rings. The normalized spacial score (nSPS) is 23.7. The van der Waals surface area contributed by atoms with Gasteiger partial charge < -0.3 is 20.5 Å². The van der Waals surface area contributed by atoms with E-state index < -0.39 is 36.4 Å². The van der Waals surface area contributed by atoms with Gasteiger partial charge in [0.1, 0.15) is 12.1 Å². The molecule has 8 nitrogen and oxygen atoms in total. The molecule has 0 saturated carbocycles. The van der Waals surface area contributed by atoms with E-state index in [1.807, 2.05) is 30.3 Å². The topological polar surface area (TPSA) is 122 Å². The lowest BCUT2D eigenvalue weighted by molar-refractivity contribution is -0.146. The SMILES string of the molecule is COC(=O)[C@@H]1CCCCCCCCC[C@H](Cc2ccccc2)C(=O)N[C@@H](CC(=O)O)C(=O)N1. The third-order valence-corrected chi connectivity index (χ3v) is 6.06. The first-order chi connectivity index (χ1) is 15.9. The summed E-state index contributed by atoms with van der Waals surface area (Å²) < 4.78 is 4.81. The number of carboxylic acids is 1. The highest BCUT2D eigenvalue weighted by Gasteiger charge is 2.30. The molecule has 0 aliphatic carbocycles. The van der Waals surface area contributed by atoms with Crippen molar-refractivity contribution in [1.29, 1.82) is 0 Å². The third-order valence-electron chi connectivity index (χ3n) is 6.06. The highest BCUT2D eigenvalue weighted by molar-refractivity contribution is 5.93. The van der Waals surface area contributed by atoms with Crippen LogP contribution in [0, 0.1) is 5.92 Å². The monoisotopic (exact) mass is 460 g/mol. The van der Waals surface area contributed by atoms with Gasteiger partial charge in [-0.3, -0.25) is 14.4 Å². The van der Waals surface area contributed by atoms with Gasteiger partial charge in [-0.15, -0.1) is 0 Å². The van der Waals surface area contributed by atoms with E-state index in [0.29, 0.717) is 19.3 Å². The number of carbonyl (C=O) groups is 4. The minimum atomic E-state index is -1.27. The molecule has 0 spiro atoms. The van der Waals surface area contributed by atoms with E-state index in [1.54, 1.807) is 0 Å². The molecule has 3 atom stereocenters. The second-order valence-corrected chi connectivity index (χ2v) is 8.68. The first-order valence-electron chi connectivity index (χ1n) is 11.8. The number of nitrogens with one attached hydrogen (secondary N) is 2. The zero-order valence-corrected chi connectivity index (χ0v) is 19.4.